The maximum absolute atomic E-state index is 13.6. The Balaban J connectivity index is 1.40. The second kappa shape index (κ2) is 14.5. The molecule has 3 aromatic rings. The number of hydrazone groups is 1. The smallest absolute Gasteiger partial charge is 0.264 e. The number of sulfonamides is 1. The van der Waals surface area contributed by atoms with E-state index in [9.17, 15) is 22.4 Å². The van der Waals surface area contributed by atoms with Gasteiger partial charge in [-0.25, -0.2) is 18.2 Å². The fourth-order valence-electron chi connectivity index (χ4n) is 4.40. The van der Waals surface area contributed by atoms with E-state index in [1.54, 1.807) is 24.3 Å². The molecule has 0 atom stereocenters. The van der Waals surface area contributed by atoms with Gasteiger partial charge in [0.05, 0.1) is 31.0 Å². The number of methoxy groups -OCH3 is 2. The predicted octanol–water partition coefficient (Wildman–Crippen LogP) is 3.58. The minimum atomic E-state index is -4.30. The van der Waals surface area contributed by atoms with Crippen LogP contribution in [-0.2, 0) is 19.6 Å². The number of benzene rings is 3. The van der Waals surface area contributed by atoms with Gasteiger partial charge in [-0.2, -0.15) is 5.10 Å². The molecule has 3 aromatic carbocycles. The highest BCUT2D eigenvalue weighted by atomic mass is 32.2. The van der Waals surface area contributed by atoms with E-state index in [2.05, 4.69) is 10.5 Å². The third kappa shape index (κ3) is 8.22. The Hall–Kier alpha value is -4.65. The van der Waals surface area contributed by atoms with Gasteiger partial charge in [0, 0.05) is 19.2 Å². The van der Waals surface area contributed by atoms with E-state index in [0.29, 0.717) is 17.1 Å². The molecule has 1 aliphatic rings. The molecule has 1 aliphatic heterocycles. The van der Waals surface area contributed by atoms with Gasteiger partial charge in [-0.1, -0.05) is 0 Å². The van der Waals surface area contributed by atoms with Crippen LogP contribution in [-0.4, -0.2) is 71.8 Å². The monoisotopic (exact) mass is 612 g/mol. The summed E-state index contributed by atoms with van der Waals surface area (Å²) < 4.78 is 57.7. The molecule has 0 unspecified atom stereocenters. The molecule has 1 N–H and O–H groups in total. The lowest BCUT2D eigenvalue weighted by molar-refractivity contribution is -0.134. The number of ether oxygens (including phenoxy) is 3. The number of halogens is 1. The van der Waals surface area contributed by atoms with Gasteiger partial charge in [-0.3, -0.25) is 13.9 Å². The normalized spacial score (nSPS) is 13.4. The van der Waals surface area contributed by atoms with E-state index in [-0.39, 0.29) is 28.8 Å². The Bertz CT molecular complexity index is 1540. The Labute approximate surface area is 249 Å². The summed E-state index contributed by atoms with van der Waals surface area (Å²) in [6, 6.07) is 15.5. The van der Waals surface area contributed by atoms with Crippen molar-refractivity contribution < 1.29 is 36.6 Å². The third-order valence-corrected chi connectivity index (χ3v) is 8.47. The van der Waals surface area contributed by atoms with Crippen molar-refractivity contribution >= 4 is 33.7 Å². The molecule has 11 nitrogen and oxygen atoms in total. The second-order valence-electron chi connectivity index (χ2n) is 9.60. The fraction of sp³-hybridized carbons (Fsp3) is 0.300. The topological polar surface area (TPSA) is 127 Å². The van der Waals surface area contributed by atoms with Crippen LogP contribution in [0.1, 0.15) is 24.8 Å². The third-order valence-electron chi connectivity index (χ3n) is 6.70. The van der Waals surface area contributed by atoms with Crippen LogP contribution < -0.4 is 23.9 Å². The lowest BCUT2D eigenvalue weighted by Crippen LogP contribution is -2.39. The van der Waals surface area contributed by atoms with Crippen molar-refractivity contribution in [1.82, 2.24) is 10.3 Å². The molecular formula is C30H33FN4O7S. The number of hydrogen-bond donors (Lipinski definition) is 1. The number of carbonyl (C=O) groups excluding carboxylic acids is 2. The van der Waals surface area contributed by atoms with Crippen LogP contribution in [0.4, 0.5) is 10.1 Å². The number of carbonyl (C=O) groups is 2. The lowest BCUT2D eigenvalue weighted by Gasteiger charge is -2.26. The van der Waals surface area contributed by atoms with E-state index in [1.165, 1.54) is 50.8 Å². The average Bonchev–Trinajstić information content (AvgIpc) is 3.03. The first-order valence-electron chi connectivity index (χ1n) is 13.5. The average molecular weight is 613 g/mol. The van der Waals surface area contributed by atoms with Gasteiger partial charge in [-0.15, -0.1) is 0 Å². The Kier molecular flexibility index (Phi) is 10.5. The molecule has 0 aliphatic carbocycles. The summed E-state index contributed by atoms with van der Waals surface area (Å²) in [6.45, 7) is 0.831. The van der Waals surface area contributed by atoms with Crippen LogP contribution >= 0.6 is 0 Å². The molecule has 1 heterocycles. The number of nitrogens with one attached hydrogen (secondary N) is 1. The number of nitrogens with zero attached hydrogens (tertiary/aromatic N) is 3. The second-order valence-corrected chi connectivity index (χ2v) is 11.5. The van der Waals surface area contributed by atoms with Crippen molar-refractivity contribution in [3.05, 3.63) is 78.1 Å². The number of amides is 2. The van der Waals surface area contributed by atoms with E-state index in [1.807, 2.05) is 4.90 Å². The summed E-state index contributed by atoms with van der Waals surface area (Å²) in [4.78, 5) is 26.8. The number of likely N-dealkylation sites (tertiary alicyclic amines) is 1. The molecule has 0 bridgehead atoms. The van der Waals surface area contributed by atoms with Crippen molar-refractivity contribution in [3.8, 4) is 17.2 Å². The van der Waals surface area contributed by atoms with Crippen LogP contribution in [0.5, 0.6) is 17.2 Å². The fourth-order valence-corrected chi connectivity index (χ4v) is 5.84. The standard InChI is InChI=1S/C30H33FN4O7S/c1-40-27-15-14-26(18-28(27)41-2)43(38,39)35(24-10-8-23(31)9-11-24)20-29(36)33-32-19-22-6-12-25(13-7-22)42-21-30(37)34-16-4-3-5-17-34/h6-15,18-19H,3-5,16-17,20-21H2,1-2H3,(H,33,36)/b32-19-. The van der Waals surface area contributed by atoms with Crippen LogP contribution in [0.25, 0.3) is 0 Å². The van der Waals surface area contributed by atoms with Gasteiger partial charge in [0.25, 0.3) is 21.8 Å². The largest absolute Gasteiger partial charge is 0.493 e. The highest BCUT2D eigenvalue weighted by molar-refractivity contribution is 7.92. The van der Waals surface area contributed by atoms with Crippen LogP contribution in [0.15, 0.2) is 76.7 Å². The van der Waals surface area contributed by atoms with Gasteiger partial charge < -0.3 is 19.1 Å². The Morgan fingerprint density at radius 1 is 0.953 bits per heavy atom. The molecule has 0 saturated carbocycles. The van der Waals surface area contributed by atoms with E-state index in [4.69, 9.17) is 14.2 Å². The van der Waals surface area contributed by atoms with Crippen molar-refractivity contribution in [2.75, 3.05) is 44.8 Å². The molecule has 228 valence electrons. The summed E-state index contributed by atoms with van der Waals surface area (Å²) in [5.41, 5.74) is 3.02. The molecular weight excluding hydrogens is 579 g/mol. The highest BCUT2D eigenvalue weighted by Crippen LogP contribution is 2.32. The molecule has 2 amide bonds. The summed E-state index contributed by atoms with van der Waals surface area (Å²) in [6.07, 6.45) is 4.53. The first-order valence-corrected chi connectivity index (χ1v) is 15.0. The molecule has 0 spiro atoms. The first kappa shape index (κ1) is 31.3. The highest BCUT2D eigenvalue weighted by Gasteiger charge is 2.28. The van der Waals surface area contributed by atoms with Crippen LogP contribution in [0, 0.1) is 5.82 Å². The van der Waals surface area contributed by atoms with Crippen molar-refractivity contribution in [2.24, 2.45) is 5.10 Å². The van der Waals surface area contributed by atoms with Crippen LogP contribution in [0.3, 0.4) is 0 Å². The summed E-state index contributed by atoms with van der Waals surface area (Å²) >= 11 is 0. The van der Waals surface area contributed by atoms with Gasteiger partial charge in [0.1, 0.15) is 18.1 Å². The van der Waals surface area contributed by atoms with Gasteiger partial charge in [0.2, 0.25) is 0 Å². The molecule has 13 heteroatoms. The zero-order valence-electron chi connectivity index (χ0n) is 23.9. The van der Waals surface area contributed by atoms with E-state index >= 15 is 0 Å². The lowest BCUT2D eigenvalue weighted by atomic mass is 10.1. The molecule has 1 saturated heterocycles. The van der Waals surface area contributed by atoms with Crippen molar-refractivity contribution in [2.45, 2.75) is 24.2 Å². The van der Waals surface area contributed by atoms with Gasteiger partial charge in [-0.05, 0) is 85.5 Å². The zero-order chi connectivity index (χ0) is 30.8. The number of hydrogen-bond acceptors (Lipinski definition) is 8. The number of anilines is 1. The minimum absolute atomic E-state index is 0.0414. The molecule has 4 rings (SSSR count). The predicted molar refractivity (Wildman–Crippen MR) is 159 cm³/mol. The van der Waals surface area contributed by atoms with Gasteiger partial charge >= 0.3 is 0 Å². The maximum Gasteiger partial charge on any atom is 0.264 e. The number of piperidine rings is 1. The molecule has 0 radical (unpaired) electrons. The zero-order valence-corrected chi connectivity index (χ0v) is 24.7. The Morgan fingerprint density at radius 2 is 1.63 bits per heavy atom. The maximum atomic E-state index is 13.6. The SMILES string of the molecule is COc1ccc(S(=O)(=O)N(CC(=O)N/N=C\c2ccc(OCC(=O)N3CCCCC3)cc2)c2ccc(F)cc2)cc1OC. The minimum Gasteiger partial charge on any atom is -0.493 e. The van der Waals surface area contributed by atoms with Crippen molar-refractivity contribution in [3.63, 3.8) is 0 Å². The van der Waals surface area contributed by atoms with Crippen molar-refractivity contribution in [1.29, 1.82) is 0 Å². The van der Waals surface area contributed by atoms with E-state index < -0.39 is 28.3 Å². The summed E-state index contributed by atoms with van der Waals surface area (Å²) in [5, 5.41) is 3.93. The van der Waals surface area contributed by atoms with Crippen LogP contribution in [0.2, 0.25) is 0 Å². The quantitative estimate of drug-likeness (QED) is 0.245. The van der Waals surface area contributed by atoms with Gasteiger partial charge in [0.15, 0.2) is 18.1 Å². The summed E-state index contributed by atoms with van der Waals surface area (Å²) in [5.74, 6) is -0.320. The number of rotatable bonds is 12. The van der Waals surface area contributed by atoms with E-state index in [0.717, 1.165) is 48.8 Å². The molecule has 43 heavy (non-hydrogen) atoms. The molecule has 0 aromatic heterocycles. The summed E-state index contributed by atoms with van der Waals surface area (Å²) in [7, 11) is -1.51. The first-order chi connectivity index (χ1) is 20.7. The Morgan fingerprint density at radius 3 is 2.28 bits per heavy atom. The molecule has 1 fully saturated rings.